The molecule has 0 aromatic carbocycles. The molecule has 1 heteroatoms. The normalized spacial score (nSPS) is 37.9. The van der Waals surface area contributed by atoms with Gasteiger partial charge in [0.2, 0.25) is 0 Å². The van der Waals surface area contributed by atoms with E-state index in [1.54, 1.807) is 0 Å². The van der Waals surface area contributed by atoms with E-state index in [1.807, 2.05) is 0 Å². The third kappa shape index (κ3) is 1.44. The molecule has 1 nitrogen and oxygen atoms in total. The van der Waals surface area contributed by atoms with Gasteiger partial charge in [0.15, 0.2) is 0 Å². The van der Waals surface area contributed by atoms with Crippen LogP contribution < -0.4 is 0 Å². The third-order valence-electron chi connectivity index (χ3n) is 3.34. The van der Waals surface area contributed by atoms with Gasteiger partial charge in [-0.3, -0.25) is 0 Å². The molecule has 0 radical (unpaired) electrons. The molecule has 11 heavy (non-hydrogen) atoms. The van der Waals surface area contributed by atoms with E-state index in [1.165, 1.54) is 45.3 Å². The van der Waals surface area contributed by atoms with Crippen LogP contribution in [0.2, 0.25) is 0 Å². The van der Waals surface area contributed by atoms with Crippen LogP contribution in [0.5, 0.6) is 0 Å². The zero-order valence-electron chi connectivity index (χ0n) is 7.55. The molecule has 1 aliphatic carbocycles. The van der Waals surface area contributed by atoms with Gasteiger partial charge < -0.3 is 4.90 Å². The standard InChI is InChI=1S/C10H19N/c1-2-6-11-7-9-4-3-5-10(9)8-11/h9-10H,2-8H2,1H3/t9-,10+. The molecule has 1 saturated heterocycles. The predicted octanol–water partition coefficient (Wildman–Crippen LogP) is 2.13. The zero-order chi connectivity index (χ0) is 7.68. The molecule has 2 rings (SSSR count). The Morgan fingerprint density at radius 1 is 1.18 bits per heavy atom. The maximum Gasteiger partial charge on any atom is 0.00129 e. The van der Waals surface area contributed by atoms with E-state index in [0.717, 1.165) is 11.8 Å². The summed E-state index contributed by atoms with van der Waals surface area (Å²) in [4.78, 5) is 2.66. The Hall–Kier alpha value is -0.0400. The van der Waals surface area contributed by atoms with Gasteiger partial charge in [0, 0.05) is 13.1 Å². The van der Waals surface area contributed by atoms with Crippen LogP contribution in [0.3, 0.4) is 0 Å². The van der Waals surface area contributed by atoms with Crippen molar-refractivity contribution in [3.8, 4) is 0 Å². The van der Waals surface area contributed by atoms with E-state index >= 15 is 0 Å². The van der Waals surface area contributed by atoms with Crippen molar-refractivity contribution in [1.29, 1.82) is 0 Å². The van der Waals surface area contributed by atoms with Crippen molar-refractivity contribution in [2.75, 3.05) is 19.6 Å². The molecule has 1 aliphatic heterocycles. The minimum atomic E-state index is 1.08. The second-order valence-corrected chi connectivity index (χ2v) is 4.21. The summed E-state index contributed by atoms with van der Waals surface area (Å²) in [5.74, 6) is 2.17. The lowest BCUT2D eigenvalue weighted by atomic mass is 10.0. The van der Waals surface area contributed by atoms with Crippen LogP contribution in [0, 0.1) is 11.8 Å². The summed E-state index contributed by atoms with van der Waals surface area (Å²) in [6.45, 7) is 6.46. The lowest BCUT2D eigenvalue weighted by Gasteiger charge is -2.14. The lowest BCUT2D eigenvalue weighted by Crippen LogP contribution is -2.22. The van der Waals surface area contributed by atoms with E-state index in [2.05, 4.69) is 11.8 Å². The first-order valence-corrected chi connectivity index (χ1v) is 5.12. The maximum atomic E-state index is 2.66. The van der Waals surface area contributed by atoms with Gasteiger partial charge in [-0.1, -0.05) is 13.3 Å². The molecule has 2 aliphatic rings. The predicted molar refractivity (Wildman–Crippen MR) is 47.6 cm³/mol. The van der Waals surface area contributed by atoms with Crippen molar-refractivity contribution in [3.63, 3.8) is 0 Å². The van der Waals surface area contributed by atoms with Crippen molar-refractivity contribution < 1.29 is 0 Å². The molecule has 1 saturated carbocycles. The Morgan fingerprint density at radius 2 is 1.82 bits per heavy atom. The largest absolute Gasteiger partial charge is 0.303 e. The molecule has 0 aromatic rings. The Bertz CT molecular complexity index is 121. The average Bonchev–Trinajstić information content (AvgIpc) is 2.46. The summed E-state index contributed by atoms with van der Waals surface area (Å²) in [6.07, 6.45) is 5.88. The van der Waals surface area contributed by atoms with Crippen LogP contribution in [0.4, 0.5) is 0 Å². The number of hydrogen-bond acceptors (Lipinski definition) is 1. The highest BCUT2D eigenvalue weighted by Crippen LogP contribution is 2.37. The van der Waals surface area contributed by atoms with Gasteiger partial charge in [0.25, 0.3) is 0 Å². The molecule has 2 fully saturated rings. The van der Waals surface area contributed by atoms with Crippen LogP contribution >= 0.6 is 0 Å². The summed E-state index contributed by atoms with van der Waals surface area (Å²) < 4.78 is 0. The van der Waals surface area contributed by atoms with E-state index in [9.17, 15) is 0 Å². The van der Waals surface area contributed by atoms with Gasteiger partial charge in [0.05, 0.1) is 0 Å². The Balaban J connectivity index is 1.84. The third-order valence-corrected chi connectivity index (χ3v) is 3.34. The molecular formula is C10H19N. The number of nitrogens with zero attached hydrogens (tertiary/aromatic N) is 1. The molecular weight excluding hydrogens is 134 g/mol. The number of likely N-dealkylation sites (tertiary alicyclic amines) is 1. The van der Waals surface area contributed by atoms with Gasteiger partial charge in [-0.15, -0.1) is 0 Å². The zero-order valence-corrected chi connectivity index (χ0v) is 7.55. The minimum Gasteiger partial charge on any atom is -0.303 e. The first-order chi connectivity index (χ1) is 5.40. The van der Waals surface area contributed by atoms with Crippen LogP contribution in [0.15, 0.2) is 0 Å². The van der Waals surface area contributed by atoms with Gasteiger partial charge >= 0.3 is 0 Å². The SMILES string of the molecule is CCCN1C[C@H]2CCC[C@H]2C1. The number of rotatable bonds is 2. The second kappa shape index (κ2) is 3.14. The van der Waals surface area contributed by atoms with Crippen LogP contribution in [-0.2, 0) is 0 Å². The molecule has 0 unspecified atom stereocenters. The summed E-state index contributed by atoms with van der Waals surface area (Å²) in [5.41, 5.74) is 0. The van der Waals surface area contributed by atoms with Gasteiger partial charge in [-0.2, -0.15) is 0 Å². The second-order valence-electron chi connectivity index (χ2n) is 4.21. The summed E-state index contributed by atoms with van der Waals surface area (Å²) in [7, 11) is 0. The Morgan fingerprint density at radius 3 is 2.36 bits per heavy atom. The summed E-state index contributed by atoms with van der Waals surface area (Å²) in [5, 5.41) is 0. The van der Waals surface area contributed by atoms with Crippen LogP contribution in [0.25, 0.3) is 0 Å². The highest BCUT2D eigenvalue weighted by atomic mass is 15.2. The molecule has 0 aromatic heterocycles. The molecule has 64 valence electrons. The Labute approximate surface area is 69.8 Å². The van der Waals surface area contributed by atoms with Crippen molar-refractivity contribution in [1.82, 2.24) is 4.90 Å². The van der Waals surface area contributed by atoms with Gasteiger partial charge in [-0.05, 0) is 37.6 Å². The fourth-order valence-corrected chi connectivity index (χ4v) is 2.83. The van der Waals surface area contributed by atoms with Crippen molar-refractivity contribution in [2.45, 2.75) is 32.6 Å². The highest BCUT2D eigenvalue weighted by Gasteiger charge is 2.35. The number of fused-ring (bicyclic) bond motifs is 1. The average molecular weight is 153 g/mol. The molecule has 0 N–H and O–H groups in total. The van der Waals surface area contributed by atoms with E-state index in [0.29, 0.717) is 0 Å². The molecule has 0 bridgehead atoms. The molecule has 0 spiro atoms. The van der Waals surface area contributed by atoms with Crippen LogP contribution in [-0.4, -0.2) is 24.5 Å². The van der Waals surface area contributed by atoms with E-state index < -0.39 is 0 Å². The first-order valence-electron chi connectivity index (χ1n) is 5.12. The quantitative estimate of drug-likeness (QED) is 0.587. The maximum absolute atomic E-state index is 2.66. The highest BCUT2D eigenvalue weighted by molar-refractivity contribution is 4.87. The first kappa shape index (κ1) is 7.60. The molecule has 1 heterocycles. The van der Waals surface area contributed by atoms with E-state index in [-0.39, 0.29) is 0 Å². The van der Waals surface area contributed by atoms with Gasteiger partial charge in [0.1, 0.15) is 0 Å². The van der Waals surface area contributed by atoms with Gasteiger partial charge in [-0.25, -0.2) is 0 Å². The lowest BCUT2D eigenvalue weighted by molar-refractivity contribution is 0.312. The monoisotopic (exact) mass is 153 g/mol. The van der Waals surface area contributed by atoms with Crippen molar-refractivity contribution >= 4 is 0 Å². The summed E-state index contributed by atoms with van der Waals surface area (Å²) in [6, 6.07) is 0. The number of hydrogen-bond donors (Lipinski definition) is 0. The topological polar surface area (TPSA) is 3.24 Å². The minimum absolute atomic E-state index is 1.08. The van der Waals surface area contributed by atoms with Crippen molar-refractivity contribution in [2.24, 2.45) is 11.8 Å². The smallest absolute Gasteiger partial charge is 0.00129 e. The van der Waals surface area contributed by atoms with Crippen molar-refractivity contribution in [3.05, 3.63) is 0 Å². The molecule has 0 amide bonds. The fourth-order valence-electron chi connectivity index (χ4n) is 2.83. The molecule has 2 atom stereocenters. The summed E-state index contributed by atoms with van der Waals surface area (Å²) >= 11 is 0. The van der Waals surface area contributed by atoms with E-state index in [4.69, 9.17) is 0 Å². The van der Waals surface area contributed by atoms with Crippen LogP contribution in [0.1, 0.15) is 32.6 Å². The fraction of sp³-hybridized carbons (Fsp3) is 1.00. The Kier molecular flexibility index (Phi) is 2.17.